The van der Waals surface area contributed by atoms with Crippen molar-refractivity contribution in [3.8, 4) is 22.9 Å². The zero-order valence-corrected chi connectivity index (χ0v) is 9.61. The number of methoxy groups -OCH3 is 1. The van der Waals surface area contributed by atoms with Crippen LogP contribution in [0.1, 0.15) is 0 Å². The van der Waals surface area contributed by atoms with E-state index in [0.717, 1.165) is 11.3 Å². The molecule has 0 aliphatic rings. The number of rotatable bonds is 2. The second kappa shape index (κ2) is 3.99. The Hall–Kier alpha value is -2.63. The predicted octanol–water partition coefficient (Wildman–Crippen LogP) is 1.51. The van der Waals surface area contributed by atoms with Crippen molar-refractivity contribution in [1.82, 2.24) is 19.4 Å². The molecule has 0 saturated carbocycles. The van der Waals surface area contributed by atoms with Crippen LogP contribution in [0.4, 0.5) is 0 Å². The second-order valence-corrected chi connectivity index (χ2v) is 3.71. The number of ether oxygens (including phenoxy) is 1. The average Bonchev–Trinajstić information content (AvgIpc) is 2.82. The number of hydrogen-bond acceptors (Lipinski definition) is 5. The molecule has 1 N–H and O–H groups in total. The van der Waals surface area contributed by atoms with Crippen molar-refractivity contribution in [2.24, 2.45) is 0 Å². The van der Waals surface area contributed by atoms with Crippen LogP contribution in [0.5, 0.6) is 11.6 Å². The van der Waals surface area contributed by atoms with Crippen LogP contribution in [0.3, 0.4) is 0 Å². The average molecular weight is 242 g/mol. The highest BCUT2D eigenvalue weighted by atomic mass is 16.5. The molecular weight excluding hydrogens is 232 g/mol. The highest BCUT2D eigenvalue weighted by molar-refractivity contribution is 5.65. The first-order valence-corrected chi connectivity index (χ1v) is 5.30. The Labute approximate surface area is 103 Å². The summed E-state index contributed by atoms with van der Waals surface area (Å²) < 4.78 is 6.98. The molecule has 0 amide bonds. The molecule has 0 aliphatic heterocycles. The molecule has 3 aromatic heterocycles. The lowest BCUT2D eigenvalue weighted by molar-refractivity contribution is 0.400. The number of fused-ring (bicyclic) bond motifs is 1. The highest BCUT2D eigenvalue weighted by Crippen LogP contribution is 2.25. The first kappa shape index (κ1) is 10.5. The number of pyridine rings is 1. The lowest BCUT2D eigenvalue weighted by atomic mass is 10.2. The number of aromatic hydroxyl groups is 1. The van der Waals surface area contributed by atoms with E-state index in [9.17, 15) is 5.11 Å². The first-order chi connectivity index (χ1) is 8.79. The number of hydrogen-bond donors (Lipinski definition) is 1. The molecule has 0 fully saturated rings. The topological polar surface area (TPSA) is 72.5 Å². The van der Waals surface area contributed by atoms with Crippen molar-refractivity contribution in [3.63, 3.8) is 0 Å². The van der Waals surface area contributed by atoms with Crippen molar-refractivity contribution in [2.45, 2.75) is 0 Å². The van der Waals surface area contributed by atoms with Crippen molar-refractivity contribution >= 4 is 5.65 Å². The smallest absolute Gasteiger partial charge is 0.258 e. The van der Waals surface area contributed by atoms with Gasteiger partial charge in [0.15, 0.2) is 0 Å². The van der Waals surface area contributed by atoms with Crippen LogP contribution in [-0.2, 0) is 0 Å². The van der Waals surface area contributed by atoms with Gasteiger partial charge in [-0.3, -0.25) is 9.38 Å². The lowest BCUT2D eigenvalue weighted by Gasteiger charge is -2.03. The van der Waals surface area contributed by atoms with E-state index >= 15 is 0 Å². The van der Waals surface area contributed by atoms with Gasteiger partial charge in [0.05, 0.1) is 25.2 Å². The van der Waals surface area contributed by atoms with Gasteiger partial charge in [-0.2, -0.15) is 0 Å². The molecule has 0 radical (unpaired) electrons. The van der Waals surface area contributed by atoms with Crippen LogP contribution in [0.25, 0.3) is 16.9 Å². The van der Waals surface area contributed by atoms with E-state index in [1.165, 1.54) is 6.20 Å². The van der Waals surface area contributed by atoms with Crippen LogP contribution in [-0.4, -0.2) is 31.6 Å². The van der Waals surface area contributed by atoms with E-state index < -0.39 is 0 Å². The summed E-state index contributed by atoms with van der Waals surface area (Å²) in [7, 11) is 1.55. The van der Waals surface area contributed by atoms with Crippen LogP contribution in [0.2, 0.25) is 0 Å². The summed E-state index contributed by atoms with van der Waals surface area (Å²) in [5, 5.41) is 9.46. The van der Waals surface area contributed by atoms with E-state index in [2.05, 4.69) is 15.0 Å². The van der Waals surface area contributed by atoms with Gasteiger partial charge in [0.1, 0.15) is 5.75 Å². The standard InChI is InChI=1S/C12H10N4O2/c1-18-12-11-15-7-10(16(11)3-2-14-12)8-4-9(17)6-13-5-8/h2-7,17H,1H3. The van der Waals surface area contributed by atoms with Crippen molar-refractivity contribution in [1.29, 1.82) is 0 Å². The fraction of sp³-hybridized carbons (Fsp3) is 0.0833. The summed E-state index contributed by atoms with van der Waals surface area (Å²) in [6, 6.07) is 1.63. The summed E-state index contributed by atoms with van der Waals surface area (Å²) in [6.45, 7) is 0. The second-order valence-electron chi connectivity index (χ2n) is 3.71. The van der Waals surface area contributed by atoms with Gasteiger partial charge in [0.25, 0.3) is 5.88 Å². The van der Waals surface area contributed by atoms with E-state index in [1.54, 1.807) is 38.0 Å². The molecule has 0 unspecified atom stereocenters. The summed E-state index contributed by atoms with van der Waals surface area (Å²) in [5.74, 6) is 0.570. The monoisotopic (exact) mass is 242 g/mol. The molecule has 3 heterocycles. The normalized spacial score (nSPS) is 10.7. The zero-order chi connectivity index (χ0) is 12.5. The van der Waals surface area contributed by atoms with Crippen LogP contribution >= 0.6 is 0 Å². The van der Waals surface area contributed by atoms with E-state index in [-0.39, 0.29) is 5.75 Å². The van der Waals surface area contributed by atoms with Gasteiger partial charge >= 0.3 is 0 Å². The molecule has 3 rings (SSSR count). The Morgan fingerprint density at radius 3 is 2.89 bits per heavy atom. The van der Waals surface area contributed by atoms with Gasteiger partial charge in [-0.25, -0.2) is 9.97 Å². The van der Waals surface area contributed by atoms with Crippen LogP contribution in [0, 0.1) is 0 Å². The Kier molecular flexibility index (Phi) is 2.33. The van der Waals surface area contributed by atoms with Gasteiger partial charge in [-0.05, 0) is 6.07 Å². The first-order valence-electron chi connectivity index (χ1n) is 5.30. The molecule has 0 atom stereocenters. The van der Waals surface area contributed by atoms with Crippen LogP contribution < -0.4 is 4.74 Å². The molecule has 3 aromatic rings. The number of nitrogens with zero attached hydrogens (tertiary/aromatic N) is 4. The Morgan fingerprint density at radius 2 is 2.11 bits per heavy atom. The minimum Gasteiger partial charge on any atom is -0.506 e. The number of imidazole rings is 1. The largest absolute Gasteiger partial charge is 0.506 e. The fourth-order valence-corrected chi connectivity index (χ4v) is 1.82. The maximum atomic E-state index is 9.46. The lowest BCUT2D eigenvalue weighted by Crippen LogP contribution is -1.94. The fourth-order valence-electron chi connectivity index (χ4n) is 1.82. The predicted molar refractivity (Wildman–Crippen MR) is 64.4 cm³/mol. The summed E-state index contributed by atoms with van der Waals surface area (Å²) in [4.78, 5) is 12.3. The van der Waals surface area contributed by atoms with E-state index in [1.807, 2.05) is 4.40 Å². The molecule has 0 spiro atoms. The molecule has 0 bridgehead atoms. The van der Waals surface area contributed by atoms with Crippen molar-refractivity contribution < 1.29 is 9.84 Å². The molecule has 0 saturated heterocycles. The molecule has 6 heteroatoms. The van der Waals surface area contributed by atoms with E-state index in [4.69, 9.17) is 4.74 Å². The van der Waals surface area contributed by atoms with Crippen molar-refractivity contribution in [2.75, 3.05) is 7.11 Å². The third-order valence-corrected chi connectivity index (χ3v) is 2.61. The maximum Gasteiger partial charge on any atom is 0.258 e. The van der Waals surface area contributed by atoms with Gasteiger partial charge in [0, 0.05) is 24.2 Å². The van der Waals surface area contributed by atoms with E-state index in [0.29, 0.717) is 11.5 Å². The van der Waals surface area contributed by atoms with Crippen molar-refractivity contribution in [3.05, 3.63) is 37.1 Å². The minimum atomic E-state index is 0.114. The third-order valence-electron chi connectivity index (χ3n) is 2.61. The number of aromatic nitrogens is 4. The molecule has 6 nitrogen and oxygen atoms in total. The quantitative estimate of drug-likeness (QED) is 0.737. The minimum absolute atomic E-state index is 0.114. The summed E-state index contributed by atoms with van der Waals surface area (Å²) >= 11 is 0. The Bertz CT molecular complexity index is 708. The van der Waals surface area contributed by atoms with Gasteiger partial charge in [-0.1, -0.05) is 0 Å². The summed E-state index contributed by atoms with van der Waals surface area (Å²) in [6.07, 6.45) is 8.15. The summed E-state index contributed by atoms with van der Waals surface area (Å²) in [5.41, 5.74) is 2.21. The van der Waals surface area contributed by atoms with Gasteiger partial charge in [-0.15, -0.1) is 0 Å². The molecule has 0 aliphatic carbocycles. The molecule has 0 aromatic carbocycles. The highest BCUT2D eigenvalue weighted by Gasteiger charge is 2.10. The Balaban J connectivity index is 2.25. The third kappa shape index (κ3) is 1.55. The molecule has 90 valence electrons. The van der Waals surface area contributed by atoms with Gasteiger partial charge < -0.3 is 9.84 Å². The van der Waals surface area contributed by atoms with Crippen LogP contribution in [0.15, 0.2) is 37.1 Å². The maximum absolute atomic E-state index is 9.46. The zero-order valence-electron chi connectivity index (χ0n) is 9.61. The Morgan fingerprint density at radius 1 is 1.22 bits per heavy atom. The molecule has 18 heavy (non-hydrogen) atoms. The van der Waals surface area contributed by atoms with Gasteiger partial charge in [0.2, 0.25) is 5.65 Å². The SMILES string of the molecule is COc1nccn2c(-c3cncc(O)c3)cnc12. The molecular formula is C12H10N4O2.